The molecule has 0 aliphatic heterocycles. The van der Waals surface area contributed by atoms with E-state index in [2.05, 4.69) is 17.4 Å². The first-order valence-corrected chi connectivity index (χ1v) is 7.77. The number of hydrogen-bond donors (Lipinski definition) is 1. The van der Waals surface area contributed by atoms with E-state index in [0.717, 1.165) is 18.6 Å². The van der Waals surface area contributed by atoms with Gasteiger partial charge in [-0.2, -0.15) is 0 Å². The van der Waals surface area contributed by atoms with Crippen LogP contribution in [0.25, 0.3) is 0 Å². The maximum Gasteiger partial charge on any atom is 0.315 e. The lowest BCUT2D eigenvalue weighted by molar-refractivity contribution is -0.137. The summed E-state index contributed by atoms with van der Waals surface area (Å²) in [5.41, 5.74) is 2.64. The Hall–Kier alpha value is -1.20. The molecule has 0 aromatic heterocycles. The molecule has 0 fully saturated rings. The number of fused-ring (bicyclic) bond motifs is 1. The molecule has 0 spiro atoms. The molecule has 1 aliphatic rings. The number of methoxy groups -OCH3 is 2. The SMILES string of the molecule is CNC1c2ccc(OC)cc2CCC1SCC(=O)OC. The molecule has 110 valence electrons. The van der Waals surface area contributed by atoms with E-state index in [0.29, 0.717) is 11.0 Å². The molecule has 0 saturated heterocycles. The van der Waals surface area contributed by atoms with E-state index in [1.807, 2.05) is 13.1 Å². The first-order valence-electron chi connectivity index (χ1n) is 6.72. The summed E-state index contributed by atoms with van der Waals surface area (Å²) in [5.74, 6) is 1.15. The summed E-state index contributed by atoms with van der Waals surface area (Å²) in [6.07, 6.45) is 2.07. The van der Waals surface area contributed by atoms with Crippen LogP contribution in [0.1, 0.15) is 23.6 Å². The fourth-order valence-electron chi connectivity index (χ4n) is 2.65. The minimum Gasteiger partial charge on any atom is -0.497 e. The molecule has 2 rings (SSSR count). The first kappa shape index (κ1) is 15.2. The van der Waals surface area contributed by atoms with E-state index in [1.54, 1.807) is 18.9 Å². The monoisotopic (exact) mass is 295 g/mol. The molecule has 0 heterocycles. The Morgan fingerprint density at radius 3 is 2.90 bits per heavy atom. The molecule has 2 unspecified atom stereocenters. The van der Waals surface area contributed by atoms with Crippen LogP contribution in [0.4, 0.5) is 0 Å². The van der Waals surface area contributed by atoms with Crippen LogP contribution in [0.15, 0.2) is 18.2 Å². The topological polar surface area (TPSA) is 47.6 Å². The Labute approximate surface area is 124 Å². The summed E-state index contributed by atoms with van der Waals surface area (Å²) in [4.78, 5) is 11.3. The highest BCUT2D eigenvalue weighted by molar-refractivity contribution is 8.00. The fraction of sp³-hybridized carbons (Fsp3) is 0.533. The summed E-state index contributed by atoms with van der Waals surface area (Å²) in [5, 5.41) is 3.76. The number of nitrogens with one attached hydrogen (secondary N) is 1. The van der Waals surface area contributed by atoms with Crippen molar-refractivity contribution < 1.29 is 14.3 Å². The number of carbonyl (C=O) groups is 1. The van der Waals surface area contributed by atoms with Crippen LogP contribution in [-0.4, -0.2) is 38.2 Å². The molecule has 1 aliphatic carbocycles. The number of aryl methyl sites for hydroxylation is 1. The van der Waals surface area contributed by atoms with Crippen molar-refractivity contribution in [3.63, 3.8) is 0 Å². The van der Waals surface area contributed by atoms with Gasteiger partial charge in [0.2, 0.25) is 0 Å². The molecule has 1 aromatic rings. The van der Waals surface area contributed by atoms with E-state index in [-0.39, 0.29) is 12.0 Å². The molecule has 20 heavy (non-hydrogen) atoms. The average molecular weight is 295 g/mol. The number of ether oxygens (including phenoxy) is 2. The van der Waals surface area contributed by atoms with Crippen molar-refractivity contribution in [2.24, 2.45) is 0 Å². The highest BCUT2D eigenvalue weighted by Gasteiger charge is 2.29. The van der Waals surface area contributed by atoms with Gasteiger partial charge in [0.15, 0.2) is 0 Å². The number of benzene rings is 1. The number of carbonyl (C=O) groups excluding carboxylic acids is 1. The second-order valence-corrected chi connectivity index (χ2v) is 6.02. The Morgan fingerprint density at radius 2 is 2.25 bits per heavy atom. The quantitative estimate of drug-likeness (QED) is 0.844. The number of hydrogen-bond acceptors (Lipinski definition) is 5. The van der Waals surface area contributed by atoms with Gasteiger partial charge in [0.05, 0.1) is 20.0 Å². The number of rotatable bonds is 5. The van der Waals surface area contributed by atoms with Gasteiger partial charge in [0.25, 0.3) is 0 Å². The van der Waals surface area contributed by atoms with Crippen LogP contribution in [-0.2, 0) is 16.0 Å². The standard InChI is InChI=1S/C15H21NO3S/c1-16-15-12-6-5-11(18-2)8-10(12)4-7-13(15)20-9-14(17)19-3/h5-6,8,13,15-16H,4,7,9H2,1-3H3. The lowest BCUT2D eigenvalue weighted by Crippen LogP contribution is -2.32. The molecular formula is C15H21NO3S. The third-order valence-electron chi connectivity index (χ3n) is 3.71. The summed E-state index contributed by atoms with van der Waals surface area (Å²) >= 11 is 1.67. The summed E-state index contributed by atoms with van der Waals surface area (Å²) < 4.78 is 10.00. The number of esters is 1. The maximum atomic E-state index is 11.3. The van der Waals surface area contributed by atoms with Gasteiger partial charge >= 0.3 is 5.97 Å². The molecule has 2 atom stereocenters. The average Bonchev–Trinajstić information content (AvgIpc) is 2.51. The molecule has 4 nitrogen and oxygen atoms in total. The summed E-state index contributed by atoms with van der Waals surface area (Å²) in [7, 11) is 5.09. The second kappa shape index (κ2) is 6.99. The van der Waals surface area contributed by atoms with Crippen LogP contribution < -0.4 is 10.1 Å². The molecule has 5 heteroatoms. The fourth-order valence-corrected chi connectivity index (χ4v) is 3.88. The lowest BCUT2D eigenvalue weighted by atomic mass is 9.87. The van der Waals surface area contributed by atoms with Crippen molar-refractivity contribution in [3.8, 4) is 5.75 Å². The predicted octanol–water partition coefficient (Wildman–Crippen LogP) is 2.18. The zero-order valence-electron chi connectivity index (χ0n) is 12.1. The minimum atomic E-state index is -0.162. The van der Waals surface area contributed by atoms with E-state index in [9.17, 15) is 4.79 Å². The van der Waals surface area contributed by atoms with Crippen LogP contribution >= 0.6 is 11.8 Å². The largest absolute Gasteiger partial charge is 0.497 e. The summed E-state index contributed by atoms with van der Waals surface area (Å²) in [6, 6.07) is 6.50. The molecule has 1 N–H and O–H groups in total. The van der Waals surface area contributed by atoms with Gasteiger partial charge in [-0.1, -0.05) is 6.07 Å². The van der Waals surface area contributed by atoms with Gasteiger partial charge in [-0.3, -0.25) is 4.79 Å². The van der Waals surface area contributed by atoms with Crippen LogP contribution in [0.3, 0.4) is 0 Å². The van der Waals surface area contributed by atoms with Crippen molar-refractivity contribution in [1.29, 1.82) is 0 Å². The first-order chi connectivity index (χ1) is 9.69. The van der Waals surface area contributed by atoms with E-state index >= 15 is 0 Å². The summed E-state index contributed by atoms with van der Waals surface area (Å²) in [6.45, 7) is 0. The van der Waals surface area contributed by atoms with E-state index in [4.69, 9.17) is 9.47 Å². The number of thioether (sulfide) groups is 1. The van der Waals surface area contributed by atoms with Crippen molar-refractivity contribution in [2.45, 2.75) is 24.1 Å². The van der Waals surface area contributed by atoms with Crippen LogP contribution in [0.5, 0.6) is 5.75 Å². The van der Waals surface area contributed by atoms with Crippen molar-refractivity contribution in [3.05, 3.63) is 29.3 Å². The van der Waals surface area contributed by atoms with E-state index < -0.39 is 0 Å². The van der Waals surface area contributed by atoms with Gasteiger partial charge < -0.3 is 14.8 Å². The minimum absolute atomic E-state index is 0.162. The zero-order valence-corrected chi connectivity index (χ0v) is 13.0. The smallest absolute Gasteiger partial charge is 0.315 e. The zero-order chi connectivity index (χ0) is 14.5. The third-order valence-corrected chi connectivity index (χ3v) is 5.05. The molecular weight excluding hydrogens is 274 g/mol. The van der Waals surface area contributed by atoms with Crippen molar-refractivity contribution >= 4 is 17.7 Å². The van der Waals surface area contributed by atoms with E-state index in [1.165, 1.54) is 18.2 Å². The Morgan fingerprint density at radius 1 is 1.45 bits per heavy atom. The highest BCUT2D eigenvalue weighted by atomic mass is 32.2. The molecule has 1 aromatic carbocycles. The van der Waals surface area contributed by atoms with Gasteiger partial charge in [-0.25, -0.2) is 0 Å². The van der Waals surface area contributed by atoms with Crippen molar-refractivity contribution in [2.75, 3.05) is 27.0 Å². The van der Waals surface area contributed by atoms with Gasteiger partial charge in [0.1, 0.15) is 5.75 Å². The van der Waals surface area contributed by atoms with Crippen LogP contribution in [0, 0.1) is 0 Å². The lowest BCUT2D eigenvalue weighted by Gasteiger charge is -2.33. The Bertz CT molecular complexity index is 478. The highest BCUT2D eigenvalue weighted by Crippen LogP contribution is 2.38. The molecule has 0 radical (unpaired) electrons. The maximum absolute atomic E-state index is 11.3. The predicted molar refractivity (Wildman–Crippen MR) is 81.4 cm³/mol. The normalized spacial score (nSPS) is 21.1. The third kappa shape index (κ3) is 3.27. The van der Waals surface area contributed by atoms with Gasteiger partial charge in [-0.15, -0.1) is 11.8 Å². The molecule has 0 saturated carbocycles. The van der Waals surface area contributed by atoms with Gasteiger partial charge in [-0.05, 0) is 43.1 Å². The molecule has 0 bridgehead atoms. The second-order valence-electron chi connectivity index (χ2n) is 4.80. The Balaban J connectivity index is 2.13. The van der Waals surface area contributed by atoms with Crippen molar-refractivity contribution in [1.82, 2.24) is 5.32 Å². The van der Waals surface area contributed by atoms with Gasteiger partial charge in [0, 0.05) is 11.3 Å². The molecule has 0 amide bonds. The van der Waals surface area contributed by atoms with Crippen LogP contribution in [0.2, 0.25) is 0 Å². The Kier molecular flexibility index (Phi) is 5.31.